The molecule has 0 spiro atoms. The molecule has 0 aromatic heterocycles. The van der Waals surface area contributed by atoms with Crippen LogP contribution in [0.25, 0.3) is 44.2 Å². The second kappa shape index (κ2) is 10.5. The summed E-state index contributed by atoms with van der Waals surface area (Å²) in [4.78, 5) is 0. The lowest BCUT2D eigenvalue weighted by atomic mass is 9.74. The van der Waals surface area contributed by atoms with Gasteiger partial charge in [0.05, 0.1) is 12.7 Å². The smallest absolute Gasteiger partial charge is 0.398 e. The zero-order chi connectivity index (χ0) is 31.1. The molecule has 0 unspecified atom stereocenters. The van der Waals surface area contributed by atoms with Gasteiger partial charge in [-0.1, -0.05) is 84.4 Å². The maximum atomic E-state index is 6.79. The van der Waals surface area contributed by atoms with Gasteiger partial charge in [-0.25, -0.2) is 0 Å². The third kappa shape index (κ3) is 4.65. The highest BCUT2D eigenvalue weighted by Gasteiger charge is 2.52. The summed E-state index contributed by atoms with van der Waals surface area (Å²) in [5.74, 6) is 0.779. The van der Waals surface area contributed by atoms with Crippen LogP contribution in [0.1, 0.15) is 68.5 Å². The molecule has 0 N–H and O–H groups in total. The molecule has 8 rings (SSSR count). The number of rotatable bonds is 3. The third-order valence-electron chi connectivity index (χ3n) is 10.2. The van der Waals surface area contributed by atoms with Crippen LogP contribution in [0.4, 0.5) is 0 Å². The Balaban J connectivity index is 1.45. The minimum Gasteiger partial charge on any atom is -0.426 e. The van der Waals surface area contributed by atoms with Gasteiger partial charge in [0, 0.05) is 11.1 Å². The highest BCUT2D eigenvalue weighted by molar-refractivity contribution is 7.42. The van der Waals surface area contributed by atoms with Crippen LogP contribution >= 0.6 is 8.60 Å². The third-order valence-corrected chi connectivity index (χ3v) is 11.8. The van der Waals surface area contributed by atoms with E-state index < -0.39 is 19.8 Å². The van der Waals surface area contributed by atoms with E-state index >= 15 is 0 Å². The van der Waals surface area contributed by atoms with Crippen molar-refractivity contribution in [2.45, 2.75) is 78.3 Å². The summed E-state index contributed by atoms with van der Waals surface area (Å²) in [6, 6.07) is 31.0. The van der Waals surface area contributed by atoms with E-state index in [-0.39, 0.29) is 6.10 Å². The Bertz CT molecular complexity index is 1960. The van der Waals surface area contributed by atoms with Crippen LogP contribution in [-0.2, 0) is 33.2 Å². The van der Waals surface area contributed by atoms with Crippen molar-refractivity contribution in [3.8, 4) is 39.1 Å². The summed E-state index contributed by atoms with van der Waals surface area (Å²) in [6.07, 6.45) is 1.85. The molecule has 1 fully saturated rings. The standard InChI is InChI=1S/C40H39O4P/c1-24-14-16-27(17-15-24)32-22-29-21-20-28-19-18-26-10-7-8-12-31(26)35(28)37(29)38-34(32)25(2)41-23-30-11-9-13-33(36(30)38)42-45-43-39(3,4)40(5,6)44-45/h7-19,22,25H,20-21,23H2,1-6H3/t25-/m0/s1. The molecule has 1 atom stereocenters. The quantitative estimate of drug-likeness (QED) is 0.190. The van der Waals surface area contributed by atoms with Crippen LogP contribution in [0.3, 0.4) is 0 Å². The van der Waals surface area contributed by atoms with Crippen molar-refractivity contribution in [3.05, 3.63) is 113 Å². The van der Waals surface area contributed by atoms with Crippen molar-refractivity contribution in [2.75, 3.05) is 0 Å². The molecule has 0 amide bonds. The number of hydrogen-bond donors (Lipinski definition) is 0. The average molecular weight is 615 g/mol. The monoisotopic (exact) mass is 614 g/mol. The molecule has 2 aliphatic heterocycles. The molecule has 5 aromatic rings. The van der Waals surface area contributed by atoms with Gasteiger partial charge in [-0.2, -0.15) is 0 Å². The van der Waals surface area contributed by atoms with Crippen molar-refractivity contribution in [1.29, 1.82) is 0 Å². The number of aryl methyl sites for hydroxylation is 3. The molecule has 4 nitrogen and oxygen atoms in total. The highest BCUT2D eigenvalue weighted by atomic mass is 31.2. The zero-order valence-corrected chi connectivity index (χ0v) is 27.8. The number of benzene rings is 5. The molecule has 3 aliphatic rings. The van der Waals surface area contributed by atoms with Gasteiger partial charge in [0.1, 0.15) is 17.0 Å². The summed E-state index contributed by atoms with van der Waals surface area (Å²) < 4.78 is 26.3. The minimum absolute atomic E-state index is 0.134. The first-order chi connectivity index (χ1) is 21.6. The summed E-state index contributed by atoms with van der Waals surface area (Å²) in [5, 5.41) is 2.54. The van der Waals surface area contributed by atoms with Gasteiger partial charge in [-0.15, -0.1) is 0 Å². The second-order valence-corrected chi connectivity index (χ2v) is 14.7. The fraction of sp³-hybridized carbons (Fsp3) is 0.300. The van der Waals surface area contributed by atoms with Crippen molar-refractivity contribution < 1.29 is 18.3 Å². The fourth-order valence-electron chi connectivity index (χ4n) is 7.06. The topological polar surface area (TPSA) is 36.9 Å². The molecule has 2 heterocycles. The zero-order valence-electron chi connectivity index (χ0n) is 26.9. The summed E-state index contributed by atoms with van der Waals surface area (Å²) in [6.45, 7) is 13.1. The SMILES string of the molecule is Cc1ccc(-c2cc3c(c4c2[C@H](C)OCc2cccc(OP5OC(C)(C)C(C)(C)O5)c2-4)-c2c(ccc4ccccc24)CC3)cc1. The van der Waals surface area contributed by atoms with Crippen LogP contribution in [0.5, 0.6) is 5.75 Å². The Morgan fingerprint density at radius 1 is 0.711 bits per heavy atom. The van der Waals surface area contributed by atoms with Gasteiger partial charge in [0.25, 0.3) is 0 Å². The molecular formula is C40H39O4P. The van der Waals surface area contributed by atoms with Crippen LogP contribution < -0.4 is 4.52 Å². The van der Waals surface area contributed by atoms with E-state index in [4.69, 9.17) is 18.3 Å². The predicted molar refractivity (Wildman–Crippen MR) is 183 cm³/mol. The molecule has 1 aliphatic carbocycles. The van der Waals surface area contributed by atoms with Crippen LogP contribution in [0, 0.1) is 6.92 Å². The number of ether oxygens (including phenoxy) is 1. The molecule has 0 saturated carbocycles. The number of fused-ring (bicyclic) bond motifs is 9. The Morgan fingerprint density at radius 2 is 1.44 bits per heavy atom. The van der Waals surface area contributed by atoms with E-state index in [1.54, 1.807) is 0 Å². The Hall–Kier alpha value is -3.53. The lowest BCUT2D eigenvalue weighted by Gasteiger charge is -2.30. The largest absolute Gasteiger partial charge is 0.426 e. The highest BCUT2D eigenvalue weighted by Crippen LogP contribution is 2.61. The molecule has 0 radical (unpaired) electrons. The van der Waals surface area contributed by atoms with Gasteiger partial charge in [-0.3, -0.25) is 9.05 Å². The molecule has 228 valence electrons. The Morgan fingerprint density at radius 3 is 2.22 bits per heavy atom. The van der Waals surface area contributed by atoms with E-state index in [2.05, 4.69) is 126 Å². The first-order valence-corrected chi connectivity index (χ1v) is 17.1. The maximum Gasteiger partial charge on any atom is 0.398 e. The minimum atomic E-state index is -1.61. The Kier molecular flexibility index (Phi) is 6.75. The van der Waals surface area contributed by atoms with Gasteiger partial charge in [0.15, 0.2) is 0 Å². The van der Waals surface area contributed by atoms with Gasteiger partial charge in [-0.05, 0) is 116 Å². The maximum absolute atomic E-state index is 6.79. The molecular weight excluding hydrogens is 575 g/mol. The molecule has 0 bridgehead atoms. The van der Waals surface area contributed by atoms with E-state index in [0.29, 0.717) is 6.61 Å². The van der Waals surface area contributed by atoms with Crippen LogP contribution in [0.15, 0.2) is 84.9 Å². The summed E-state index contributed by atoms with van der Waals surface area (Å²) >= 11 is 0. The molecule has 5 aromatic carbocycles. The molecule has 45 heavy (non-hydrogen) atoms. The summed E-state index contributed by atoms with van der Waals surface area (Å²) in [5.41, 5.74) is 12.7. The van der Waals surface area contributed by atoms with Crippen LogP contribution in [-0.4, -0.2) is 11.2 Å². The number of hydrogen-bond acceptors (Lipinski definition) is 4. The van der Waals surface area contributed by atoms with E-state index in [0.717, 1.165) is 29.7 Å². The van der Waals surface area contributed by atoms with E-state index in [9.17, 15) is 0 Å². The average Bonchev–Trinajstić information content (AvgIpc) is 3.13. The lowest BCUT2D eigenvalue weighted by molar-refractivity contribution is 0.00578. The van der Waals surface area contributed by atoms with Gasteiger partial charge in [0.2, 0.25) is 0 Å². The fourth-order valence-corrected chi connectivity index (χ4v) is 8.67. The summed E-state index contributed by atoms with van der Waals surface area (Å²) in [7, 11) is -1.61. The van der Waals surface area contributed by atoms with Gasteiger partial charge < -0.3 is 9.26 Å². The lowest BCUT2D eigenvalue weighted by Crippen LogP contribution is -2.41. The first kappa shape index (κ1) is 28.9. The van der Waals surface area contributed by atoms with Crippen molar-refractivity contribution in [1.82, 2.24) is 0 Å². The normalized spacial score (nSPS) is 19.7. The van der Waals surface area contributed by atoms with E-state index in [1.165, 1.54) is 60.8 Å². The second-order valence-electron chi connectivity index (χ2n) is 13.7. The van der Waals surface area contributed by atoms with Crippen LogP contribution in [0.2, 0.25) is 0 Å². The Labute approximate surface area is 267 Å². The van der Waals surface area contributed by atoms with Crippen molar-refractivity contribution >= 4 is 19.4 Å². The van der Waals surface area contributed by atoms with Gasteiger partial charge >= 0.3 is 8.60 Å². The molecule has 5 heteroatoms. The first-order valence-electron chi connectivity index (χ1n) is 16.0. The van der Waals surface area contributed by atoms with Crippen molar-refractivity contribution in [3.63, 3.8) is 0 Å². The molecule has 1 saturated heterocycles. The van der Waals surface area contributed by atoms with E-state index in [1.807, 2.05) is 0 Å². The predicted octanol–water partition coefficient (Wildman–Crippen LogP) is 11.0. The van der Waals surface area contributed by atoms with Crippen molar-refractivity contribution in [2.24, 2.45) is 0 Å².